The molecule has 0 bridgehead atoms. The Morgan fingerprint density at radius 1 is 1.18 bits per heavy atom. The predicted octanol–water partition coefficient (Wildman–Crippen LogP) is 3.39. The lowest BCUT2D eigenvalue weighted by Crippen LogP contribution is -2.47. The number of anilines is 2. The number of non-ortho nitro benzene ring substituents is 1. The molecule has 0 aliphatic heterocycles. The van der Waals surface area contributed by atoms with Gasteiger partial charge in [-0.25, -0.2) is 8.42 Å². The molecule has 1 amide bonds. The summed E-state index contributed by atoms with van der Waals surface area (Å²) >= 11 is 0. The number of nitrogens with one attached hydrogen (secondary N) is 1. The number of amides is 1. The summed E-state index contributed by atoms with van der Waals surface area (Å²) in [5, 5.41) is 13.6. The second-order valence-electron chi connectivity index (χ2n) is 6.56. The van der Waals surface area contributed by atoms with Crippen molar-refractivity contribution in [3.05, 3.63) is 63.7 Å². The number of nitro groups is 1. The Balaban J connectivity index is 2.41. The van der Waals surface area contributed by atoms with E-state index >= 15 is 0 Å². The number of hydrogen-bond acceptors (Lipinski definition) is 5. The topological polar surface area (TPSA) is 110 Å². The molecular formula is C19H23N3O5S. The normalized spacial score (nSPS) is 12.3. The van der Waals surface area contributed by atoms with Crippen LogP contribution in [0.25, 0.3) is 0 Å². The predicted molar refractivity (Wildman–Crippen MR) is 109 cm³/mol. The van der Waals surface area contributed by atoms with Gasteiger partial charge in [-0.05, 0) is 38.0 Å². The molecule has 0 fully saturated rings. The van der Waals surface area contributed by atoms with Crippen LogP contribution in [-0.4, -0.2) is 31.5 Å². The Labute approximate surface area is 164 Å². The van der Waals surface area contributed by atoms with Gasteiger partial charge in [-0.3, -0.25) is 19.2 Å². The van der Waals surface area contributed by atoms with Crippen molar-refractivity contribution in [3.8, 4) is 0 Å². The van der Waals surface area contributed by atoms with Crippen molar-refractivity contribution in [2.45, 2.75) is 33.2 Å². The molecule has 0 aliphatic carbocycles. The van der Waals surface area contributed by atoms with Gasteiger partial charge in [0.25, 0.3) is 5.69 Å². The number of carbonyl (C=O) groups excluding carboxylic acids is 1. The standard InChI is InChI=1S/C19H23N3O5S/c1-5-18(21(28(4,26)27)15-9-6-13(2)7-10-15)19(23)20-17-12-16(22(24)25)11-8-14(17)3/h6-12,18H,5H2,1-4H3,(H,20,23)/t18-/m0/s1. The van der Waals surface area contributed by atoms with Crippen LogP contribution in [0.2, 0.25) is 0 Å². The summed E-state index contributed by atoms with van der Waals surface area (Å²) in [7, 11) is -3.75. The van der Waals surface area contributed by atoms with Crippen LogP contribution in [0, 0.1) is 24.0 Å². The molecule has 0 aliphatic rings. The summed E-state index contributed by atoms with van der Waals surface area (Å²) in [6.07, 6.45) is 1.27. The summed E-state index contributed by atoms with van der Waals surface area (Å²) < 4.78 is 26.0. The lowest BCUT2D eigenvalue weighted by Gasteiger charge is -2.30. The zero-order chi connectivity index (χ0) is 21.1. The van der Waals surface area contributed by atoms with Gasteiger partial charge in [0.1, 0.15) is 6.04 Å². The number of sulfonamides is 1. The van der Waals surface area contributed by atoms with Gasteiger partial charge in [0, 0.05) is 12.1 Å². The molecule has 0 saturated heterocycles. The summed E-state index contributed by atoms with van der Waals surface area (Å²) in [6, 6.07) is 9.95. The van der Waals surface area contributed by atoms with Crippen LogP contribution >= 0.6 is 0 Å². The van der Waals surface area contributed by atoms with E-state index in [4.69, 9.17) is 0 Å². The Morgan fingerprint density at radius 2 is 1.79 bits per heavy atom. The van der Waals surface area contributed by atoms with E-state index in [-0.39, 0.29) is 17.8 Å². The first-order chi connectivity index (χ1) is 13.0. The highest BCUT2D eigenvalue weighted by atomic mass is 32.2. The van der Waals surface area contributed by atoms with Crippen molar-refractivity contribution in [1.82, 2.24) is 0 Å². The lowest BCUT2D eigenvalue weighted by molar-refractivity contribution is -0.384. The fraction of sp³-hybridized carbons (Fsp3) is 0.316. The van der Waals surface area contributed by atoms with Crippen LogP contribution < -0.4 is 9.62 Å². The Kier molecular flexibility index (Phi) is 6.40. The van der Waals surface area contributed by atoms with Crippen molar-refractivity contribution in [3.63, 3.8) is 0 Å². The molecule has 1 N–H and O–H groups in total. The average Bonchev–Trinajstić information content (AvgIpc) is 2.61. The van der Waals surface area contributed by atoms with Crippen LogP contribution in [0.15, 0.2) is 42.5 Å². The molecule has 9 heteroatoms. The minimum Gasteiger partial charge on any atom is -0.324 e. The van der Waals surface area contributed by atoms with E-state index in [0.29, 0.717) is 11.3 Å². The number of nitro benzene ring substituents is 1. The summed E-state index contributed by atoms with van der Waals surface area (Å²) in [4.78, 5) is 23.4. The number of rotatable bonds is 7. The van der Waals surface area contributed by atoms with Crippen LogP contribution in [0.1, 0.15) is 24.5 Å². The van der Waals surface area contributed by atoms with Gasteiger partial charge in [-0.2, -0.15) is 0 Å². The van der Waals surface area contributed by atoms with Gasteiger partial charge in [-0.1, -0.05) is 30.7 Å². The molecule has 0 spiro atoms. The maximum absolute atomic E-state index is 12.9. The third-order valence-electron chi connectivity index (χ3n) is 4.31. The van der Waals surface area contributed by atoms with Crippen molar-refractivity contribution in [2.75, 3.05) is 15.9 Å². The summed E-state index contributed by atoms with van der Waals surface area (Å²) in [5.41, 5.74) is 2.09. The maximum Gasteiger partial charge on any atom is 0.271 e. The molecule has 0 saturated carbocycles. The van der Waals surface area contributed by atoms with Crippen molar-refractivity contribution >= 4 is 33.0 Å². The van der Waals surface area contributed by atoms with E-state index in [0.717, 1.165) is 16.1 Å². The molecule has 2 aromatic carbocycles. The first kappa shape index (κ1) is 21.4. The molecule has 8 nitrogen and oxygen atoms in total. The molecule has 0 aromatic heterocycles. The molecule has 1 atom stereocenters. The van der Waals surface area contributed by atoms with E-state index in [1.54, 1.807) is 38.1 Å². The van der Waals surface area contributed by atoms with Gasteiger partial charge >= 0.3 is 0 Å². The molecule has 28 heavy (non-hydrogen) atoms. The number of aryl methyl sites for hydroxylation is 2. The van der Waals surface area contributed by atoms with E-state index < -0.39 is 26.9 Å². The number of hydrogen-bond donors (Lipinski definition) is 1. The number of benzene rings is 2. The first-order valence-corrected chi connectivity index (χ1v) is 10.5. The maximum atomic E-state index is 12.9. The second-order valence-corrected chi connectivity index (χ2v) is 8.42. The Bertz CT molecular complexity index is 987. The number of carbonyl (C=O) groups is 1. The molecule has 2 aromatic rings. The monoisotopic (exact) mass is 405 g/mol. The van der Waals surface area contributed by atoms with Gasteiger partial charge in [0.2, 0.25) is 15.9 Å². The van der Waals surface area contributed by atoms with Gasteiger partial charge in [0.05, 0.1) is 22.6 Å². The Morgan fingerprint density at radius 3 is 2.29 bits per heavy atom. The van der Waals surface area contributed by atoms with Gasteiger partial charge in [-0.15, -0.1) is 0 Å². The smallest absolute Gasteiger partial charge is 0.271 e. The minimum absolute atomic E-state index is 0.160. The molecule has 0 unspecified atom stereocenters. The van der Waals surface area contributed by atoms with Crippen molar-refractivity contribution < 1.29 is 18.1 Å². The van der Waals surface area contributed by atoms with Gasteiger partial charge in [0.15, 0.2) is 0 Å². The zero-order valence-electron chi connectivity index (χ0n) is 16.2. The average molecular weight is 405 g/mol. The second kappa shape index (κ2) is 8.39. The molecular weight excluding hydrogens is 382 g/mol. The molecule has 150 valence electrons. The fourth-order valence-electron chi connectivity index (χ4n) is 2.83. The summed E-state index contributed by atoms with van der Waals surface area (Å²) in [5.74, 6) is -0.558. The first-order valence-electron chi connectivity index (χ1n) is 8.66. The molecule has 2 rings (SSSR count). The van der Waals surface area contributed by atoms with Crippen LogP contribution in [0.4, 0.5) is 17.1 Å². The fourth-order valence-corrected chi connectivity index (χ4v) is 4.04. The van der Waals surface area contributed by atoms with Crippen LogP contribution in [-0.2, 0) is 14.8 Å². The third-order valence-corrected chi connectivity index (χ3v) is 5.49. The van der Waals surface area contributed by atoms with E-state index in [2.05, 4.69) is 5.32 Å². The van der Waals surface area contributed by atoms with Gasteiger partial charge < -0.3 is 5.32 Å². The van der Waals surface area contributed by atoms with E-state index in [1.165, 1.54) is 18.2 Å². The highest BCUT2D eigenvalue weighted by Gasteiger charge is 2.31. The summed E-state index contributed by atoms with van der Waals surface area (Å²) in [6.45, 7) is 5.29. The van der Waals surface area contributed by atoms with Crippen LogP contribution in [0.5, 0.6) is 0 Å². The van der Waals surface area contributed by atoms with Crippen LogP contribution in [0.3, 0.4) is 0 Å². The zero-order valence-corrected chi connectivity index (χ0v) is 17.0. The minimum atomic E-state index is -3.75. The SMILES string of the molecule is CC[C@@H](C(=O)Nc1cc([N+](=O)[O-])ccc1C)N(c1ccc(C)cc1)S(C)(=O)=O. The lowest BCUT2D eigenvalue weighted by atomic mass is 10.1. The van der Waals surface area contributed by atoms with E-state index in [9.17, 15) is 23.3 Å². The quantitative estimate of drug-likeness (QED) is 0.561. The van der Waals surface area contributed by atoms with Crippen molar-refractivity contribution in [1.29, 1.82) is 0 Å². The third kappa shape index (κ3) is 4.86. The Hall–Kier alpha value is -2.94. The highest BCUT2D eigenvalue weighted by Crippen LogP contribution is 2.26. The highest BCUT2D eigenvalue weighted by molar-refractivity contribution is 7.92. The van der Waals surface area contributed by atoms with Crippen molar-refractivity contribution in [2.24, 2.45) is 0 Å². The molecule has 0 radical (unpaired) electrons. The van der Waals surface area contributed by atoms with E-state index in [1.807, 2.05) is 6.92 Å². The largest absolute Gasteiger partial charge is 0.324 e. The number of nitrogens with zero attached hydrogens (tertiary/aromatic N) is 2. The molecule has 0 heterocycles.